The van der Waals surface area contributed by atoms with Crippen LogP contribution in [-0.2, 0) is 0 Å². The van der Waals surface area contributed by atoms with Gasteiger partial charge in [0.1, 0.15) is 5.82 Å². The molecule has 1 aromatic carbocycles. The molecule has 0 atom stereocenters. The highest BCUT2D eigenvalue weighted by atomic mass is 127. The molecule has 0 radical (unpaired) electrons. The Hall–Kier alpha value is -0.530. The number of benzene rings is 1. The number of nitrogens with two attached hydrogens (primary N) is 1. The van der Waals surface area contributed by atoms with Gasteiger partial charge in [-0.15, -0.1) is 0 Å². The van der Waals surface area contributed by atoms with Gasteiger partial charge in [-0.2, -0.15) is 0 Å². The topological polar surface area (TPSA) is 50.9 Å². The van der Waals surface area contributed by atoms with Gasteiger partial charge in [0.2, 0.25) is 0 Å². The largest absolute Gasteiger partial charge is 0.397 e. The zero-order valence-electron chi connectivity index (χ0n) is 8.55. The molecule has 1 aromatic heterocycles. The Balaban J connectivity index is 2.31. The third-order valence-electron chi connectivity index (χ3n) is 2.05. The number of nitrogens with one attached hydrogen (secondary N) is 1. The normalized spacial score (nSPS) is 10.3. The van der Waals surface area contributed by atoms with Gasteiger partial charge < -0.3 is 11.1 Å². The summed E-state index contributed by atoms with van der Waals surface area (Å²) in [5.41, 5.74) is 7.20. The Morgan fingerprint density at radius 2 is 2.12 bits per heavy atom. The first-order valence-corrected chi connectivity index (χ1v) is 6.94. The SMILES string of the molecule is Nc1cnc(Nc2ccc(Cl)cc2I)c(Br)c1. The van der Waals surface area contributed by atoms with Crippen molar-refractivity contribution in [3.8, 4) is 0 Å². The van der Waals surface area contributed by atoms with Crippen LogP contribution in [0.15, 0.2) is 34.9 Å². The number of rotatable bonds is 2. The Morgan fingerprint density at radius 3 is 2.76 bits per heavy atom. The summed E-state index contributed by atoms with van der Waals surface area (Å²) in [6.07, 6.45) is 1.61. The van der Waals surface area contributed by atoms with Crippen molar-refractivity contribution in [1.29, 1.82) is 0 Å². The fourth-order valence-electron chi connectivity index (χ4n) is 1.26. The Morgan fingerprint density at radius 1 is 1.35 bits per heavy atom. The molecule has 88 valence electrons. The summed E-state index contributed by atoms with van der Waals surface area (Å²) in [5.74, 6) is 0.722. The van der Waals surface area contributed by atoms with E-state index < -0.39 is 0 Å². The van der Waals surface area contributed by atoms with E-state index in [1.807, 2.05) is 18.2 Å². The van der Waals surface area contributed by atoms with E-state index in [1.54, 1.807) is 12.3 Å². The summed E-state index contributed by atoms with van der Waals surface area (Å²) in [7, 11) is 0. The number of halogens is 3. The molecule has 0 aliphatic heterocycles. The molecule has 2 rings (SSSR count). The summed E-state index contributed by atoms with van der Waals surface area (Å²) in [4.78, 5) is 4.22. The van der Waals surface area contributed by atoms with Gasteiger partial charge in [-0.1, -0.05) is 11.6 Å². The van der Waals surface area contributed by atoms with Crippen molar-refractivity contribution < 1.29 is 0 Å². The first kappa shape index (κ1) is 12.9. The summed E-state index contributed by atoms with van der Waals surface area (Å²) in [6, 6.07) is 7.43. The molecule has 0 fully saturated rings. The van der Waals surface area contributed by atoms with Gasteiger partial charge in [-0.3, -0.25) is 0 Å². The van der Waals surface area contributed by atoms with E-state index >= 15 is 0 Å². The van der Waals surface area contributed by atoms with Gasteiger partial charge in [-0.05, 0) is 62.8 Å². The molecule has 0 saturated carbocycles. The van der Waals surface area contributed by atoms with Crippen LogP contribution in [0.3, 0.4) is 0 Å². The van der Waals surface area contributed by atoms with E-state index in [1.165, 1.54) is 0 Å². The van der Waals surface area contributed by atoms with Crippen LogP contribution < -0.4 is 11.1 Å². The predicted molar refractivity (Wildman–Crippen MR) is 83.8 cm³/mol. The monoisotopic (exact) mass is 423 g/mol. The number of aromatic nitrogens is 1. The number of hydrogen-bond donors (Lipinski definition) is 2. The molecular formula is C11H8BrClIN3. The second-order valence-corrected chi connectivity index (χ2v) is 5.80. The van der Waals surface area contributed by atoms with Gasteiger partial charge in [0.25, 0.3) is 0 Å². The van der Waals surface area contributed by atoms with Crippen molar-refractivity contribution in [1.82, 2.24) is 4.98 Å². The molecule has 1 heterocycles. The Bertz CT molecular complexity index is 513. The van der Waals surface area contributed by atoms with E-state index in [-0.39, 0.29) is 0 Å². The Kier molecular flexibility index (Phi) is 4.11. The zero-order chi connectivity index (χ0) is 12.4. The molecule has 3 nitrogen and oxygen atoms in total. The zero-order valence-corrected chi connectivity index (χ0v) is 13.0. The number of pyridine rings is 1. The maximum atomic E-state index is 5.90. The molecule has 2 aromatic rings. The van der Waals surface area contributed by atoms with Crippen LogP contribution in [0, 0.1) is 3.57 Å². The lowest BCUT2D eigenvalue weighted by Gasteiger charge is -2.10. The fourth-order valence-corrected chi connectivity index (χ4v) is 2.74. The van der Waals surface area contributed by atoms with E-state index in [4.69, 9.17) is 17.3 Å². The summed E-state index contributed by atoms with van der Waals surface area (Å²) in [5, 5.41) is 3.93. The average Bonchev–Trinajstić information content (AvgIpc) is 2.25. The molecule has 0 amide bonds. The molecule has 0 saturated heterocycles. The van der Waals surface area contributed by atoms with Gasteiger partial charge >= 0.3 is 0 Å². The minimum atomic E-state index is 0.619. The third-order valence-corrected chi connectivity index (χ3v) is 3.78. The number of anilines is 3. The van der Waals surface area contributed by atoms with Crippen molar-refractivity contribution in [3.05, 3.63) is 43.5 Å². The van der Waals surface area contributed by atoms with Gasteiger partial charge in [0.05, 0.1) is 22.0 Å². The summed E-state index contributed by atoms with van der Waals surface area (Å²) >= 11 is 11.5. The molecule has 0 spiro atoms. The first-order valence-electron chi connectivity index (χ1n) is 4.69. The lowest BCUT2D eigenvalue weighted by molar-refractivity contribution is 1.29. The second kappa shape index (κ2) is 5.41. The molecule has 17 heavy (non-hydrogen) atoms. The van der Waals surface area contributed by atoms with Crippen molar-refractivity contribution in [2.75, 3.05) is 11.1 Å². The van der Waals surface area contributed by atoms with Crippen LogP contribution in [0.1, 0.15) is 0 Å². The van der Waals surface area contributed by atoms with Crippen molar-refractivity contribution in [2.24, 2.45) is 0 Å². The van der Waals surface area contributed by atoms with Gasteiger partial charge in [-0.25, -0.2) is 4.98 Å². The van der Waals surface area contributed by atoms with Crippen LogP contribution >= 0.6 is 50.1 Å². The standard InChI is InChI=1S/C11H8BrClIN3/c12-8-4-7(15)5-16-11(8)17-10-2-1-6(13)3-9(10)14/h1-5H,15H2,(H,16,17). The lowest BCUT2D eigenvalue weighted by atomic mass is 10.3. The molecule has 6 heteroatoms. The maximum absolute atomic E-state index is 5.90. The molecule has 0 bridgehead atoms. The molecule has 0 aliphatic rings. The van der Waals surface area contributed by atoms with Gasteiger partial charge in [0.15, 0.2) is 0 Å². The van der Waals surface area contributed by atoms with Crippen LogP contribution in [-0.4, -0.2) is 4.98 Å². The highest BCUT2D eigenvalue weighted by Gasteiger charge is 2.05. The number of nitrogens with zero attached hydrogens (tertiary/aromatic N) is 1. The van der Waals surface area contributed by atoms with Crippen molar-refractivity contribution in [3.63, 3.8) is 0 Å². The van der Waals surface area contributed by atoms with E-state index in [0.29, 0.717) is 10.7 Å². The smallest absolute Gasteiger partial charge is 0.144 e. The second-order valence-electron chi connectivity index (χ2n) is 3.35. The van der Waals surface area contributed by atoms with E-state index in [9.17, 15) is 0 Å². The molecular weight excluding hydrogens is 416 g/mol. The molecule has 3 N–H and O–H groups in total. The maximum Gasteiger partial charge on any atom is 0.144 e. The third kappa shape index (κ3) is 3.23. The van der Waals surface area contributed by atoms with Crippen LogP contribution in [0.4, 0.5) is 17.2 Å². The molecule has 0 aliphatic carbocycles. The highest BCUT2D eigenvalue weighted by molar-refractivity contribution is 14.1. The van der Waals surface area contributed by atoms with E-state index in [0.717, 1.165) is 19.5 Å². The fraction of sp³-hybridized carbons (Fsp3) is 0. The number of nitrogen functional groups attached to an aromatic ring is 1. The van der Waals surface area contributed by atoms with Gasteiger partial charge in [0, 0.05) is 8.59 Å². The van der Waals surface area contributed by atoms with Crippen LogP contribution in [0.2, 0.25) is 5.02 Å². The lowest BCUT2D eigenvalue weighted by Crippen LogP contribution is -1.98. The minimum Gasteiger partial charge on any atom is -0.397 e. The van der Waals surface area contributed by atoms with Crippen LogP contribution in [0.25, 0.3) is 0 Å². The quantitative estimate of drug-likeness (QED) is 0.702. The Labute approximate surface area is 126 Å². The van der Waals surface area contributed by atoms with E-state index in [2.05, 4.69) is 48.8 Å². The van der Waals surface area contributed by atoms with Crippen LogP contribution in [0.5, 0.6) is 0 Å². The van der Waals surface area contributed by atoms with Crippen molar-refractivity contribution in [2.45, 2.75) is 0 Å². The summed E-state index contributed by atoms with van der Waals surface area (Å²) in [6.45, 7) is 0. The summed E-state index contributed by atoms with van der Waals surface area (Å²) < 4.78 is 1.85. The molecule has 0 unspecified atom stereocenters. The minimum absolute atomic E-state index is 0.619. The highest BCUT2D eigenvalue weighted by Crippen LogP contribution is 2.29. The first-order chi connectivity index (χ1) is 8.06. The average molecular weight is 424 g/mol. The number of hydrogen-bond acceptors (Lipinski definition) is 3. The predicted octanol–water partition coefficient (Wildman–Crippen LogP) is 4.43. The van der Waals surface area contributed by atoms with Crippen molar-refractivity contribution >= 4 is 67.3 Å².